The molecule has 0 amide bonds. The van der Waals surface area contributed by atoms with Crippen LogP contribution in [0.2, 0.25) is 0 Å². The second-order valence-electron chi connectivity index (χ2n) is 6.47. The molecule has 4 aromatic rings. The lowest BCUT2D eigenvalue weighted by Gasteiger charge is -2.15. The minimum atomic E-state index is 0.0572. The number of nitrogens with zero attached hydrogens (tertiary/aromatic N) is 3. The predicted molar refractivity (Wildman–Crippen MR) is 109 cm³/mol. The van der Waals surface area contributed by atoms with Crippen LogP contribution < -0.4 is 5.32 Å². The van der Waals surface area contributed by atoms with Gasteiger partial charge in [-0.15, -0.1) is 11.3 Å². The number of aryl methyl sites for hydroxylation is 2. The fourth-order valence-electron chi connectivity index (χ4n) is 3.02. The van der Waals surface area contributed by atoms with Crippen LogP contribution in [0.3, 0.4) is 0 Å². The number of anilines is 1. The standard InChI is InChI=1S/C21H20N4S/c1-13-7-8-16(10-14(13)2)17-11-26-21-19(17)20(23-12-24-21)25-15(3)18-6-4-5-9-22-18/h4-12,15H,1-3H3,(H,23,24,25). The Labute approximate surface area is 157 Å². The van der Waals surface area contributed by atoms with E-state index >= 15 is 0 Å². The highest BCUT2D eigenvalue weighted by Crippen LogP contribution is 2.37. The summed E-state index contributed by atoms with van der Waals surface area (Å²) in [5.41, 5.74) is 5.94. The van der Waals surface area contributed by atoms with Gasteiger partial charge in [-0.3, -0.25) is 4.98 Å². The van der Waals surface area contributed by atoms with Crippen molar-refractivity contribution in [3.8, 4) is 11.1 Å². The van der Waals surface area contributed by atoms with Crippen molar-refractivity contribution in [1.29, 1.82) is 0 Å². The average Bonchev–Trinajstić information content (AvgIpc) is 3.10. The van der Waals surface area contributed by atoms with Gasteiger partial charge in [-0.25, -0.2) is 9.97 Å². The van der Waals surface area contributed by atoms with Crippen molar-refractivity contribution in [2.75, 3.05) is 5.32 Å². The molecule has 4 rings (SSSR count). The lowest BCUT2D eigenvalue weighted by molar-refractivity contribution is 0.833. The second-order valence-corrected chi connectivity index (χ2v) is 7.33. The summed E-state index contributed by atoms with van der Waals surface area (Å²) in [4.78, 5) is 14.4. The first-order valence-electron chi connectivity index (χ1n) is 8.61. The van der Waals surface area contributed by atoms with E-state index in [-0.39, 0.29) is 6.04 Å². The van der Waals surface area contributed by atoms with E-state index < -0.39 is 0 Å². The zero-order valence-corrected chi connectivity index (χ0v) is 15.8. The summed E-state index contributed by atoms with van der Waals surface area (Å²) in [5, 5.41) is 6.76. The maximum Gasteiger partial charge on any atom is 0.139 e. The van der Waals surface area contributed by atoms with Crippen LogP contribution in [0.4, 0.5) is 5.82 Å². The normalized spacial score (nSPS) is 12.3. The van der Waals surface area contributed by atoms with Crippen LogP contribution in [0, 0.1) is 13.8 Å². The van der Waals surface area contributed by atoms with E-state index in [1.54, 1.807) is 17.7 Å². The summed E-state index contributed by atoms with van der Waals surface area (Å²) in [7, 11) is 0. The summed E-state index contributed by atoms with van der Waals surface area (Å²) in [6, 6.07) is 12.6. The molecule has 4 nitrogen and oxygen atoms in total. The molecule has 5 heteroatoms. The first-order chi connectivity index (χ1) is 12.6. The summed E-state index contributed by atoms with van der Waals surface area (Å²) in [5.74, 6) is 0.850. The van der Waals surface area contributed by atoms with Crippen molar-refractivity contribution in [3.05, 3.63) is 71.1 Å². The summed E-state index contributed by atoms with van der Waals surface area (Å²) < 4.78 is 0. The topological polar surface area (TPSA) is 50.7 Å². The first kappa shape index (κ1) is 16.7. The summed E-state index contributed by atoms with van der Waals surface area (Å²) >= 11 is 1.65. The Bertz CT molecular complexity index is 1060. The second kappa shape index (κ2) is 6.84. The number of nitrogens with one attached hydrogen (secondary N) is 1. The number of rotatable bonds is 4. The molecule has 3 heterocycles. The smallest absolute Gasteiger partial charge is 0.139 e. The van der Waals surface area contributed by atoms with Crippen molar-refractivity contribution >= 4 is 27.4 Å². The Morgan fingerprint density at radius 1 is 1.00 bits per heavy atom. The van der Waals surface area contributed by atoms with Crippen molar-refractivity contribution < 1.29 is 0 Å². The van der Waals surface area contributed by atoms with Crippen molar-refractivity contribution in [1.82, 2.24) is 15.0 Å². The summed E-state index contributed by atoms with van der Waals surface area (Å²) in [6.45, 7) is 6.38. The van der Waals surface area contributed by atoms with Crippen LogP contribution in [0.5, 0.6) is 0 Å². The molecular formula is C21H20N4S. The molecule has 0 fully saturated rings. The van der Waals surface area contributed by atoms with Gasteiger partial charge in [-0.05, 0) is 49.6 Å². The lowest BCUT2D eigenvalue weighted by atomic mass is 10.0. The molecule has 1 unspecified atom stereocenters. The van der Waals surface area contributed by atoms with E-state index in [9.17, 15) is 0 Å². The van der Waals surface area contributed by atoms with Gasteiger partial charge in [0.25, 0.3) is 0 Å². The van der Waals surface area contributed by atoms with Gasteiger partial charge in [0.2, 0.25) is 0 Å². The third kappa shape index (κ3) is 3.06. The summed E-state index contributed by atoms with van der Waals surface area (Å²) in [6.07, 6.45) is 3.44. The van der Waals surface area contributed by atoms with Crippen LogP contribution in [0.25, 0.3) is 21.3 Å². The largest absolute Gasteiger partial charge is 0.361 e. The van der Waals surface area contributed by atoms with Crippen molar-refractivity contribution in [2.45, 2.75) is 26.8 Å². The molecule has 0 aliphatic heterocycles. The van der Waals surface area contributed by atoms with E-state index in [1.165, 1.54) is 22.3 Å². The number of benzene rings is 1. The third-order valence-corrected chi connectivity index (χ3v) is 5.56. The highest BCUT2D eigenvalue weighted by Gasteiger charge is 2.16. The van der Waals surface area contributed by atoms with Gasteiger partial charge in [0, 0.05) is 17.1 Å². The Kier molecular flexibility index (Phi) is 4.39. The number of hydrogen-bond donors (Lipinski definition) is 1. The van der Waals surface area contributed by atoms with Gasteiger partial charge in [0.1, 0.15) is 17.0 Å². The maximum absolute atomic E-state index is 4.53. The fraction of sp³-hybridized carbons (Fsp3) is 0.190. The molecule has 1 N–H and O–H groups in total. The van der Waals surface area contributed by atoms with Crippen LogP contribution in [0.15, 0.2) is 54.3 Å². The molecule has 3 aromatic heterocycles. The van der Waals surface area contributed by atoms with Crippen LogP contribution >= 0.6 is 11.3 Å². The van der Waals surface area contributed by atoms with Crippen molar-refractivity contribution in [2.24, 2.45) is 0 Å². The van der Waals surface area contributed by atoms with Gasteiger partial charge >= 0.3 is 0 Å². The quantitative estimate of drug-likeness (QED) is 0.519. The Morgan fingerprint density at radius 2 is 1.88 bits per heavy atom. The molecule has 130 valence electrons. The fourth-order valence-corrected chi connectivity index (χ4v) is 3.93. The molecule has 0 aliphatic rings. The SMILES string of the molecule is Cc1ccc(-c2csc3ncnc(NC(C)c4ccccn4)c23)cc1C. The molecule has 1 atom stereocenters. The zero-order chi connectivity index (χ0) is 18.1. The number of thiophene rings is 1. The first-order valence-corrected chi connectivity index (χ1v) is 9.48. The van der Waals surface area contributed by atoms with E-state index in [1.807, 2.05) is 24.4 Å². The van der Waals surface area contributed by atoms with Gasteiger partial charge in [0.15, 0.2) is 0 Å². The molecule has 0 radical (unpaired) electrons. The van der Waals surface area contributed by atoms with Crippen LogP contribution in [-0.2, 0) is 0 Å². The van der Waals surface area contributed by atoms with Gasteiger partial charge in [-0.2, -0.15) is 0 Å². The molecule has 1 aromatic carbocycles. The molecule has 0 spiro atoms. The van der Waals surface area contributed by atoms with Gasteiger partial charge in [0.05, 0.1) is 17.1 Å². The monoisotopic (exact) mass is 360 g/mol. The minimum absolute atomic E-state index is 0.0572. The van der Waals surface area contributed by atoms with E-state index in [2.05, 4.69) is 64.6 Å². The average molecular weight is 360 g/mol. The number of pyridine rings is 1. The van der Waals surface area contributed by atoms with Crippen LogP contribution in [-0.4, -0.2) is 15.0 Å². The Balaban J connectivity index is 1.78. The lowest BCUT2D eigenvalue weighted by Crippen LogP contribution is -2.09. The molecule has 0 aliphatic carbocycles. The molecule has 26 heavy (non-hydrogen) atoms. The predicted octanol–water partition coefficient (Wildman–Crippen LogP) is 5.54. The highest BCUT2D eigenvalue weighted by atomic mass is 32.1. The highest BCUT2D eigenvalue weighted by molar-refractivity contribution is 7.17. The minimum Gasteiger partial charge on any atom is -0.361 e. The van der Waals surface area contributed by atoms with Crippen LogP contribution in [0.1, 0.15) is 29.8 Å². The van der Waals surface area contributed by atoms with E-state index in [4.69, 9.17) is 0 Å². The molecule has 0 bridgehead atoms. The zero-order valence-electron chi connectivity index (χ0n) is 15.0. The maximum atomic E-state index is 4.53. The van der Waals surface area contributed by atoms with Gasteiger partial charge < -0.3 is 5.32 Å². The number of fused-ring (bicyclic) bond motifs is 1. The van der Waals surface area contributed by atoms with E-state index in [0.29, 0.717) is 0 Å². The molecule has 0 saturated carbocycles. The van der Waals surface area contributed by atoms with Gasteiger partial charge in [-0.1, -0.05) is 24.3 Å². The number of hydrogen-bond acceptors (Lipinski definition) is 5. The number of aromatic nitrogens is 3. The Hall–Kier alpha value is -2.79. The third-order valence-electron chi connectivity index (χ3n) is 4.67. The molecule has 0 saturated heterocycles. The molecular weight excluding hydrogens is 340 g/mol. The van der Waals surface area contributed by atoms with Crippen molar-refractivity contribution in [3.63, 3.8) is 0 Å². The Morgan fingerprint density at radius 3 is 2.65 bits per heavy atom. The van der Waals surface area contributed by atoms with E-state index in [0.717, 1.165) is 21.7 Å².